The van der Waals surface area contributed by atoms with Gasteiger partial charge in [0.2, 0.25) is 0 Å². The van der Waals surface area contributed by atoms with E-state index in [-0.39, 0.29) is 25.8 Å². The first-order chi connectivity index (χ1) is 22.9. The van der Waals surface area contributed by atoms with E-state index in [0.29, 0.717) is 11.5 Å². The van der Waals surface area contributed by atoms with Crippen molar-refractivity contribution in [2.75, 3.05) is 7.11 Å². The summed E-state index contributed by atoms with van der Waals surface area (Å²) in [6, 6.07) is 31.9. The van der Waals surface area contributed by atoms with E-state index in [4.69, 9.17) is 14.6 Å². The van der Waals surface area contributed by atoms with Crippen molar-refractivity contribution >= 4 is 21.8 Å². The van der Waals surface area contributed by atoms with Gasteiger partial charge in [0, 0.05) is 40.3 Å². The summed E-state index contributed by atoms with van der Waals surface area (Å²) in [5, 5.41) is 7.32. The Morgan fingerprint density at radius 1 is 0.735 bits per heavy atom. The minimum absolute atomic E-state index is 0. The Bertz CT molecular complexity index is 2340. The number of fused-ring (bicyclic) bond motifs is 3. The Morgan fingerprint density at radius 2 is 1.45 bits per heavy atom. The molecule has 0 saturated carbocycles. The quantitative estimate of drug-likeness (QED) is 0.126. The SMILES string of the molecule is COc1ccnc(-n2c3[c-]c(Oc4[c-]c(-n5nc(C)c(-c6c(C)cc(C)cc6C)c5C(C)(C)C)cc(C)c4)ccc3c3ccccc32)c1.[Pd+2]. The van der Waals surface area contributed by atoms with Gasteiger partial charge in [0.25, 0.3) is 0 Å². The second-order valence-corrected chi connectivity index (χ2v) is 13.7. The van der Waals surface area contributed by atoms with Gasteiger partial charge in [0.05, 0.1) is 18.5 Å². The molecule has 250 valence electrons. The van der Waals surface area contributed by atoms with Crippen LogP contribution in [-0.4, -0.2) is 26.4 Å². The van der Waals surface area contributed by atoms with Gasteiger partial charge in [-0.05, 0) is 67.6 Å². The van der Waals surface area contributed by atoms with Crippen LogP contribution in [0, 0.1) is 46.8 Å². The van der Waals surface area contributed by atoms with Gasteiger partial charge in [-0.15, -0.1) is 35.7 Å². The Hall–Kier alpha value is -4.70. The summed E-state index contributed by atoms with van der Waals surface area (Å²) in [5.41, 5.74) is 11.9. The van der Waals surface area contributed by atoms with Crippen LogP contribution >= 0.6 is 0 Å². The van der Waals surface area contributed by atoms with Gasteiger partial charge in [-0.25, -0.2) is 4.98 Å². The van der Waals surface area contributed by atoms with Gasteiger partial charge in [-0.3, -0.25) is 4.68 Å². The predicted molar refractivity (Wildman–Crippen MR) is 194 cm³/mol. The second kappa shape index (κ2) is 13.0. The second-order valence-electron chi connectivity index (χ2n) is 13.7. The van der Waals surface area contributed by atoms with E-state index in [9.17, 15) is 0 Å². The molecule has 3 heterocycles. The monoisotopic (exact) mass is 738 g/mol. The molecule has 7 heteroatoms. The van der Waals surface area contributed by atoms with Gasteiger partial charge in [0.15, 0.2) is 0 Å². The molecule has 0 amide bonds. The first-order valence-corrected chi connectivity index (χ1v) is 16.3. The van der Waals surface area contributed by atoms with E-state index in [1.54, 1.807) is 13.3 Å². The normalized spacial score (nSPS) is 11.6. The van der Waals surface area contributed by atoms with Crippen molar-refractivity contribution in [3.05, 3.63) is 125 Å². The number of benzene rings is 4. The van der Waals surface area contributed by atoms with Crippen molar-refractivity contribution in [1.82, 2.24) is 19.3 Å². The van der Waals surface area contributed by atoms with Crippen LogP contribution in [0.1, 0.15) is 54.4 Å². The summed E-state index contributed by atoms with van der Waals surface area (Å²) >= 11 is 0. The standard InChI is InChI=1S/C42H40N4O2.Pd/c1-25-18-27(3)39(28(4)19-25)40-29(5)44-46(41(40)42(6,7)8)30-20-26(2)21-33(22-30)48-32-14-15-35-34-12-10-11-13-36(34)45(37(35)23-32)38-24-31(47-9)16-17-43-38;/h10-21,24H,1-9H3;/q-2;+2. The minimum Gasteiger partial charge on any atom is -0.509 e. The molecule has 7 aromatic rings. The molecule has 0 radical (unpaired) electrons. The molecule has 6 nitrogen and oxygen atoms in total. The van der Waals surface area contributed by atoms with Crippen LogP contribution in [0.5, 0.6) is 17.2 Å². The molecule has 0 aliphatic carbocycles. The fourth-order valence-electron chi connectivity index (χ4n) is 7.04. The molecule has 0 saturated heterocycles. The Morgan fingerprint density at radius 3 is 2.16 bits per heavy atom. The van der Waals surface area contributed by atoms with Crippen molar-refractivity contribution in [3.63, 3.8) is 0 Å². The smallest absolute Gasteiger partial charge is 0.509 e. The summed E-state index contributed by atoms with van der Waals surface area (Å²) in [5.74, 6) is 2.66. The number of methoxy groups -OCH3 is 1. The predicted octanol–water partition coefficient (Wildman–Crippen LogP) is 10.3. The first-order valence-electron chi connectivity index (χ1n) is 16.3. The van der Waals surface area contributed by atoms with E-state index in [0.717, 1.165) is 56.0 Å². The number of aryl methyl sites for hydroxylation is 5. The molecular formula is C42H40N4O2Pd. The molecule has 0 unspecified atom stereocenters. The van der Waals surface area contributed by atoms with Crippen LogP contribution in [0.2, 0.25) is 0 Å². The Balaban J connectivity index is 0.00000417. The summed E-state index contributed by atoms with van der Waals surface area (Å²) in [6.07, 6.45) is 1.76. The number of hydrogen-bond donors (Lipinski definition) is 0. The van der Waals surface area contributed by atoms with Gasteiger partial charge in [0.1, 0.15) is 11.6 Å². The molecule has 3 aromatic heterocycles. The number of para-hydroxylation sites is 1. The van der Waals surface area contributed by atoms with Crippen molar-refractivity contribution in [2.24, 2.45) is 0 Å². The molecule has 0 N–H and O–H groups in total. The fraction of sp³-hybridized carbons (Fsp3) is 0.238. The molecule has 0 bridgehead atoms. The zero-order valence-electron chi connectivity index (χ0n) is 29.4. The molecule has 0 atom stereocenters. The largest absolute Gasteiger partial charge is 2.00 e. The average molecular weight is 739 g/mol. The van der Waals surface area contributed by atoms with E-state index in [2.05, 4.69) is 124 Å². The van der Waals surface area contributed by atoms with Crippen molar-refractivity contribution in [1.29, 1.82) is 0 Å². The van der Waals surface area contributed by atoms with Crippen molar-refractivity contribution in [3.8, 4) is 39.9 Å². The van der Waals surface area contributed by atoms with E-state index >= 15 is 0 Å². The number of pyridine rings is 1. The maximum absolute atomic E-state index is 6.55. The van der Waals surface area contributed by atoms with Crippen molar-refractivity contribution < 1.29 is 29.9 Å². The summed E-state index contributed by atoms with van der Waals surface area (Å²) in [7, 11) is 1.66. The molecule has 0 aliphatic heterocycles. The third kappa shape index (κ3) is 6.18. The summed E-state index contributed by atoms with van der Waals surface area (Å²) in [6.45, 7) is 17.5. The summed E-state index contributed by atoms with van der Waals surface area (Å²) < 4.78 is 16.2. The maximum atomic E-state index is 6.55. The third-order valence-electron chi connectivity index (χ3n) is 8.86. The molecule has 0 spiro atoms. The Kier molecular flexibility index (Phi) is 9.04. The number of aromatic nitrogens is 4. The molecule has 49 heavy (non-hydrogen) atoms. The zero-order valence-corrected chi connectivity index (χ0v) is 31.0. The molecule has 0 fully saturated rings. The van der Waals surface area contributed by atoms with Gasteiger partial charge in [-0.2, -0.15) is 16.7 Å². The van der Waals surface area contributed by atoms with Crippen LogP contribution in [-0.2, 0) is 25.8 Å². The van der Waals surface area contributed by atoms with Crippen LogP contribution in [0.3, 0.4) is 0 Å². The van der Waals surface area contributed by atoms with Crippen LogP contribution in [0.4, 0.5) is 0 Å². The van der Waals surface area contributed by atoms with Crippen molar-refractivity contribution in [2.45, 2.75) is 60.8 Å². The van der Waals surface area contributed by atoms with Gasteiger partial charge in [-0.1, -0.05) is 69.1 Å². The number of nitrogens with zero attached hydrogens (tertiary/aromatic N) is 4. The van der Waals surface area contributed by atoms with Crippen LogP contribution in [0.15, 0.2) is 79.0 Å². The fourth-order valence-corrected chi connectivity index (χ4v) is 7.04. The minimum atomic E-state index is -0.195. The van der Waals surface area contributed by atoms with Gasteiger partial charge < -0.3 is 14.0 Å². The number of ether oxygens (including phenoxy) is 2. The zero-order chi connectivity index (χ0) is 33.9. The third-order valence-corrected chi connectivity index (χ3v) is 8.86. The Labute approximate surface area is 302 Å². The maximum Gasteiger partial charge on any atom is 2.00 e. The molecule has 0 aliphatic rings. The van der Waals surface area contributed by atoms with Crippen LogP contribution in [0.25, 0.3) is 44.4 Å². The molecular weight excluding hydrogens is 699 g/mol. The van der Waals surface area contributed by atoms with E-state index in [1.165, 1.54) is 27.8 Å². The topological polar surface area (TPSA) is 54.1 Å². The van der Waals surface area contributed by atoms with Gasteiger partial charge >= 0.3 is 20.4 Å². The first kappa shape index (κ1) is 34.2. The molecule has 4 aromatic carbocycles. The summed E-state index contributed by atoms with van der Waals surface area (Å²) in [4.78, 5) is 4.68. The number of rotatable bonds is 6. The average Bonchev–Trinajstić information content (AvgIpc) is 3.55. The molecule has 7 rings (SSSR count). The van der Waals surface area contributed by atoms with E-state index in [1.807, 2.05) is 30.3 Å². The number of hydrogen-bond acceptors (Lipinski definition) is 4. The van der Waals surface area contributed by atoms with Crippen LogP contribution < -0.4 is 9.47 Å². The van der Waals surface area contributed by atoms with E-state index < -0.39 is 0 Å².